The summed E-state index contributed by atoms with van der Waals surface area (Å²) in [6.45, 7) is 6.66. The van der Waals surface area contributed by atoms with Crippen LogP contribution in [0.5, 0.6) is 0 Å². The molecule has 22 heavy (non-hydrogen) atoms. The molecule has 0 saturated heterocycles. The van der Waals surface area contributed by atoms with Crippen molar-refractivity contribution in [3.8, 4) is 11.1 Å². The van der Waals surface area contributed by atoms with Crippen LogP contribution in [-0.4, -0.2) is 12.5 Å². The highest BCUT2D eigenvalue weighted by atomic mass is 16.1. The first-order chi connectivity index (χ1) is 10.5. The smallest absolute Gasteiger partial charge is 0.217 e. The molecule has 0 radical (unpaired) electrons. The van der Waals surface area contributed by atoms with Crippen molar-refractivity contribution in [3.05, 3.63) is 65.2 Å². The molecule has 0 unspecified atom stereocenters. The minimum Gasteiger partial charge on any atom is -0.353 e. The Morgan fingerprint density at radius 2 is 1.82 bits per heavy atom. The van der Waals surface area contributed by atoms with E-state index in [9.17, 15) is 4.79 Å². The Bertz CT molecular complexity index is 756. The Morgan fingerprint density at radius 1 is 1.09 bits per heavy atom. The lowest BCUT2D eigenvalue weighted by molar-refractivity contribution is -0.118. The Labute approximate surface area is 131 Å². The largest absolute Gasteiger partial charge is 0.353 e. The Morgan fingerprint density at radius 3 is 2.59 bits per heavy atom. The van der Waals surface area contributed by atoms with E-state index in [0.717, 1.165) is 0 Å². The van der Waals surface area contributed by atoms with Gasteiger partial charge in [0.15, 0.2) is 0 Å². The molecule has 2 heteroatoms. The predicted molar refractivity (Wildman–Crippen MR) is 91.7 cm³/mol. The maximum absolute atomic E-state index is 10.9. The number of fused-ring (bicyclic) bond motifs is 3. The highest BCUT2D eigenvalue weighted by Gasteiger charge is 2.34. The molecular formula is C20H21NO. The van der Waals surface area contributed by atoms with Crippen molar-refractivity contribution in [2.75, 3.05) is 6.54 Å². The lowest BCUT2D eigenvalue weighted by Gasteiger charge is -2.21. The average molecular weight is 291 g/mol. The zero-order chi connectivity index (χ0) is 15.7. The summed E-state index contributed by atoms with van der Waals surface area (Å²) in [5.74, 6) is -0.00446. The monoisotopic (exact) mass is 291 g/mol. The third kappa shape index (κ3) is 2.45. The number of carbonyl (C=O) groups is 1. The van der Waals surface area contributed by atoms with E-state index >= 15 is 0 Å². The van der Waals surface area contributed by atoms with E-state index in [4.69, 9.17) is 0 Å². The third-order valence-electron chi connectivity index (χ3n) is 4.39. The highest BCUT2D eigenvalue weighted by Crippen LogP contribution is 2.48. The minimum absolute atomic E-state index is 0.00446. The summed E-state index contributed by atoms with van der Waals surface area (Å²) in [5.41, 5.74) is 6.65. The van der Waals surface area contributed by atoms with Gasteiger partial charge < -0.3 is 5.32 Å². The van der Waals surface area contributed by atoms with Crippen LogP contribution in [0.25, 0.3) is 17.2 Å². The van der Waals surface area contributed by atoms with E-state index in [1.165, 1.54) is 34.7 Å². The molecule has 1 aliphatic carbocycles. The first kappa shape index (κ1) is 14.6. The maximum Gasteiger partial charge on any atom is 0.217 e. The number of nitrogens with one attached hydrogen (secondary N) is 1. The first-order valence-corrected chi connectivity index (χ1v) is 7.65. The predicted octanol–water partition coefficient (Wildman–Crippen LogP) is 4.14. The van der Waals surface area contributed by atoms with Crippen molar-refractivity contribution in [1.29, 1.82) is 0 Å². The Kier molecular flexibility index (Phi) is 3.61. The van der Waals surface area contributed by atoms with Crippen LogP contribution in [0, 0.1) is 0 Å². The lowest BCUT2D eigenvalue weighted by Crippen LogP contribution is -2.19. The van der Waals surface area contributed by atoms with E-state index in [1.807, 2.05) is 6.08 Å². The molecule has 3 rings (SSSR count). The van der Waals surface area contributed by atoms with E-state index in [2.05, 4.69) is 67.7 Å². The van der Waals surface area contributed by atoms with Gasteiger partial charge >= 0.3 is 0 Å². The van der Waals surface area contributed by atoms with Gasteiger partial charge in [0.2, 0.25) is 5.91 Å². The molecule has 0 heterocycles. The standard InChI is InChI=1S/C20H21NO/c1-14(22)21-12-6-7-15-10-11-17-16-8-4-5-9-18(16)20(2,3)19(17)13-15/h4-11,13H,12H2,1-3H3,(H,21,22). The van der Waals surface area contributed by atoms with Crippen LogP contribution in [0.1, 0.15) is 37.5 Å². The summed E-state index contributed by atoms with van der Waals surface area (Å²) in [6, 6.07) is 15.3. The molecule has 2 aromatic rings. The van der Waals surface area contributed by atoms with Crippen molar-refractivity contribution in [2.24, 2.45) is 0 Å². The fourth-order valence-corrected chi connectivity index (χ4v) is 3.22. The quantitative estimate of drug-likeness (QED) is 0.904. The molecule has 1 amide bonds. The molecule has 1 aliphatic rings. The Balaban J connectivity index is 1.93. The molecule has 0 bridgehead atoms. The topological polar surface area (TPSA) is 29.1 Å². The summed E-state index contributed by atoms with van der Waals surface area (Å²) in [7, 11) is 0. The summed E-state index contributed by atoms with van der Waals surface area (Å²) in [4.78, 5) is 10.9. The van der Waals surface area contributed by atoms with Gasteiger partial charge in [-0.05, 0) is 27.8 Å². The number of hydrogen-bond acceptors (Lipinski definition) is 1. The number of hydrogen-bond donors (Lipinski definition) is 1. The van der Waals surface area contributed by atoms with Gasteiger partial charge in [-0.15, -0.1) is 0 Å². The number of carbonyl (C=O) groups excluding carboxylic acids is 1. The molecule has 0 fully saturated rings. The molecule has 0 spiro atoms. The third-order valence-corrected chi connectivity index (χ3v) is 4.39. The zero-order valence-corrected chi connectivity index (χ0v) is 13.3. The van der Waals surface area contributed by atoms with Crippen LogP contribution in [0.3, 0.4) is 0 Å². The molecule has 0 aromatic heterocycles. The molecule has 1 N–H and O–H groups in total. The number of benzene rings is 2. The van der Waals surface area contributed by atoms with Crippen LogP contribution in [-0.2, 0) is 10.2 Å². The maximum atomic E-state index is 10.9. The van der Waals surface area contributed by atoms with Gasteiger partial charge in [-0.1, -0.05) is 68.5 Å². The van der Waals surface area contributed by atoms with Gasteiger partial charge in [0.1, 0.15) is 0 Å². The second-order valence-corrected chi connectivity index (χ2v) is 6.32. The van der Waals surface area contributed by atoms with Gasteiger partial charge in [-0.3, -0.25) is 4.79 Å². The van der Waals surface area contributed by atoms with Gasteiger partial charge in [0.05, 0.1) is 0 Å². The van der Waals surface area contributed by atoms with Crippen molar-refractivity contribution < 1.29 is 4.79 Å². The fraction of sp³-hybridized carbons (Fsp3) is 0.250. The first-order valence-electron chi connectivity index (χ1n) is 7.65. The second kappa shape index (κ2) is 5.45. The van der Waals surface area contributed by atoms with Gasteiger partial charge in [0, 0.05) is 18.9 Å². The number of amides is 1. The SMILES string of the molecule is CC(=O)NCC=Cc1ccc2c(c1)C(C)(C)c1ccccc1-2. The number of rotatable bonds is 3. The Hall–Kier alpha value is -2.35. The molecule has 0 atom stereocenters. The molecule has 2 aromatic carbocycles. The molecule has 0 saturated carbocycles. The van der Waals surface area contributed by atoms with Crippen molar-refractivity contribution >= 4 is 12.0 Å². The van der Waals surface area contributed by atoms with Crippen molar-refractivity contribution in [2.45, 2.75) is 26.2 Å². The molecular weight excluding hydrogens is 270 g/mol. The second-order valence-electron chi connectivity index (χ2n) is 6.32. The molecule has 2 nitrogen and oxygen atoms in total. The van der Waals surface area contributed by atoms with Gasteiger partial charge in [-0.25, -0.2) is 0 Å². The van der Waals surface area contributed by atoms with Crippen LogP contribution < -0.4 is 5.32 Å². The fourth-order valence-electron chi connectivity index (χ4n) is 3.22. The normalized spacial score (nSPS) is 14.7. The summed E-state index contributed by atoms with van der Waals surface area (Å²) in [5, 5.41) is 2.77. The molecule has 0 aliphatic heterocycles. The summed E-state index contributed by atoms with van der Waals surface area (Å²) in [6.07, 6.45) is 4.05. The van der Waals surface area contributed by atoms with Crippen molar-refractivity contribution in [3.63, 3.8) is 0 Å². The van der Waals surface area contributed by atoms with Gasteiger partial charge in [-0.2, -0.15) is 0 Å². The van der Waals surface area contributed by atoms with Crippen LogP contribution in [0.4, 0.5) is 0 Å². The minimum atomic E-state index is -0.00446. The van der Waals surface area contributed by atoms with E-state index in [-0.39, 0.29) is 11.3 Å². The zero-order valence-electron chi connectivity index (χ0n) is 13.3. The summed E-state index contributed by atoms with van der Waals surface area (Å²) < 4.78 is 0. The lowest BCUT2D eigenvalue weighted by atomic mass is 9.82. The van der Waals surface area contributed by atoms with Crippen LogP contribution >= 0.6 is 0 Å². The van der Waals surface area contributed by atoms with Crippen LogP contribution in [0.15, 0.2) is 48.5 Å². The van der Waals surface area contributed by atoms with Gasteiger partial charge in [0.25, 0.3) is 0 Å². The van der Waals surface area contributed by atoms with Crippen LogP contribution in [0.2, 0.25) is 0 Å². The summed E-state index contributed by atoms with van der Waals surface area (Å²) >= 11 is 0. The highest BCUT2D eigenvalue weighted by molar-refractivity contribution is 5.81. The van der Waals surface area contributed by atoms with Crippen molar-refractivity contribution in [1.82, 2.24) is 5.32 Å². The van der Waals surface area contributed by atoms with E-state index in [1.54, 1.807) is 0 Å². The van der Waals surface area contributed by atoms with E-state index in [0.29, 0.717) is 6.54 Å². The van der Waals surface area contributed by atoms with E-state index < -0.39 is 0 Å². The average Bonchev–Trinajstić information content (AvgIpc) is 2.73. The molecule has 112 valence electrons.